The van der Waals surface area contributed by atoms with Crippen molar-refractivity contribution in [1.82, 2.24) is 9.55 Å². The summed E-state index contributed by atoms with van der Waals surface area (Å²) < 4.78 is 1.55. The van der Waals surface area contributed by atoms with Gasteiger partial charge in [-0.1, -0.05) is 36.4 Å². The molecule has 2 aromatic carbocycles. The quantitative estimate of drug-likeness (QED) is 0.606. The third kappa shape index (κ3) is 3.01. The lowest BCUT2D eigenvalue weighted by Crippen LogP contribution is -2.27. The first-order valence-electron chi connectivity index (χ1n) is 8.47. The molecule has 0 saturated carbocycles. The predicted molar refractivity (Wildman–Crippen MR) is 101 cm³/mol. The number of carboxylic acids is 1. The van der Waals surface area contributed by atoms with Gasteiger partial charge in [-0.2, -0.15) is 0 Å². The Morgan fingerprint density at radius 1 is 1.11 bits per heavy atom. The van der Waals surface area contributed by atoms with Crippen LogP contribution in [0.1, 0.15) is 16.1 Å². The van der Waals surface area contributed by atoms with E-state index in [0.717, 1.165) is 21.8 Å². The lowest BCUT2D eigenvalue weighted by Gasteiger charge is -2.10. The van der Waals surface area contributed by atoms with Crippen LogP contribution >= 0.6 is 0 Å². The van der Waals surface area contributed by atoms with Gasteiger partial charge in [0.15, 0.2) is 0 Å². The molecule has 0 spiro atoms. The van der Waals surface area contributed by atoms with Crippen molar-refractivity contribution in [3.05, 3.63) is 72.1 Å². The van der Waals surface area contributed by atoms with E-state index in [1.165, 1.54) is 0 Å². The number of anilines is 1. The van der Waals surface area contributed by atoms with E-state index in [1.807, 2.05) is 54.6 Å². The predicted octanol–water partition coefficient (Wildman–Crippen LogP) is 2.27. The van der Waals surface area contributed by atoms with Crippen molar-refractivity contribution in [1.29, 1.82) is 0 Å². The lowest BCUT2D eigenvalue weighted by atomic mass is 10.1. The highest BCUT2D eigenvalue weighted by Gasteiger charge is 2.18. The first-order valence-corrected chi connectivity index (χ1v) is 8.47. The number of pyridine rings is 1. The second-order valence-corrected chi connectivity index (χ2v) is 6.33. The monoisotopic (exact) mass is 358 g/mol. The maximum absolute atomic E-state index is 12.6. The molecule has 0 unspecified atom stereocenters. The number of aromatic carboxylic acids is 1. The second kappa shape index (κ2) is 6.57. The van der Waals surface area contributed by atoms with Crippen LogP contribution in [0.15, 0.2) is 60.8 Å². The third-order valence-electron chi connectivity index (χ3n) is 4.62. The molecule has 0 fully saturated rings. The molecule has 6 heteroatoms. The molecule has 6 nitrogen and oxygen atoms in total. The summed E-state index contributed by atoms with van der Waals surface area (Å²) in [6.07, 6.45) is 1.51. The van der Waals surface area contributed by atoms with E-state index >= 15 is 0 Å². The first-order chi connectivity index (χ1) is 13.0. The van der Waals surface area contributed by atoms with Crippen LogP contribution < -0.4 is 10.4 Å². The number of benzene rings is 2. The van der Waals surface area contributed by atoms with Gasteiger partial charge in [0.25, 0.3) is 0 Å². The summed E-state index contributed by atoms with van der Waals surface area (Å²) in [6, 6.07) is 16.7. The molecule has 0 radical (unpaired) electrons. The molecule has 0 saturated heterocycles. The summed E-state index contributed by atoms with van der Waals surface area (Å²) in [4.78, 5) is 28.5. The van der Waals surface area contributed by atoms with Crippen LogP contribution in [0.4, 0.5) is 5.69 Å². The molecule has 27 heavy (non-hydrogen) atoms. The van der Waals surface area contributed by atoms with Crippen molar-refractivity contribution in [2.45, 2.75) is 6.42 Å². The Labute approximate surface area is 155 Å². The number of rotatable bonds is 4. The molecule has 1 N–H and O–H groups in total. The Balaban J connectivity index is 1.66. The van der Waals surface area contributed by atoms with Crippen molar-refractivity contribution in [3.8, 4) is 0 Å². The molecule has 0 aliphatic carbocycles. The molecule has 0 aliphatic rings. The smallest absolute Gasteiger partial charge is 0.228 e. The highest BCUT2D eigenvalue weighted by molar-refractivity contribution is 6.02. The maximum Gasteiger partial charge on any atom is 0.228 e. The topological polar surface area (TPSA) is 87.0 Å². The zero-order valence-electron chi connectivity index (χ0n) is 14.6. The zero-order valence-corrected chi connectivity index (χ0v) is 14.6. The SMILES string of the molecule is Cn1c(C(=O)[O-])c(CC(=O)Nc2cnc3ccccc3c2)c2ccccc21. The number of amides is 1. The average molecular weight is 358 g/mol. The summed E-state index contributed by atoms with van der Waals surface area (Å²) in [5, 5.41) is 16.1. The lowest BCUT2D eigenvalue weighted by molar-refractivity contribution is -0.255. The number of nitrogens with one attached hydrogen (secondary N) is 1. The second-order valence-electron chi connectivity index (χ2n) is 6.33. The summed E-state index contributed by atoms with van der Waals surface area (Å²) >= 11 is 0. The van der Waals surface area contributed by atoms with Gasteiger partial charge in [0, 0.05) is 23.3 Å². The minimum absolute atomic E-state index is 0.0167. The van der Waals surface area contributed by atoms with Crippen molar-refractivity contribution >= 4 is 39.4 Å². The number of aromatic nitrogens is 2. The minimum Gasteiger partial charge on any atom is -0.543 e. The van der Waals surface area contributed by atoms with Crippen LogP contribution in [0.3, 0.4) is 0 Å². The largest absolute Gasteiger partial charge is 0.543 e. The van der Waals surface area contributed by atoms with Crippen LogP contribution in [0.5, 0.6) is 0 Å². The van der Waals surface area contributed by atoms with Crippen molar-refractivity contribution < 1.29 is 14.7 Å². The van der Waals surface area contributed by atoms with Crippen LogP contribution in [0.2, 0.25) is 0 Å². The van der Waals surface area contributed by atoms with Crippen LogP contribution in [0.25, 0.3) is 21.8 Å². The summed E-state index contributed by atoms with van der Waals surface area (Å²) in [5.41, 5.74) is 2.60. The number of hydrogen-bond donors (Lipinski definition) is 1. The first kappa shape index (κ1) is 16.8. The van der Waals surface area contributed by atoms with Gasteiger partial charge in [-0.25, -0.2) is 0 Å². The number of hydrogen-bond acceptors (Lipinski definition) is 4. The Kier molecular flexibility index (Phi) is 4.08. The molecule has 4 rings (SSSR count). The van der Waals surface area contributed by atoms with Gasteiger partial charge in [0.2, 0.25) is 5.91 Å². The zero-order chi connectivity index (χ0) is 19.0. The summed E-state index contributed by atoms with van der Waals surface area (Å²) in [7, 11) is 1.65. The number of nitrogens with zero attached hydrogens (tertiary/aromatic N) is 2. The highest BCUT2D eigenvalue weighted by atomic mass is 16.4. The Morgan fingerprint density at radius 3 is 2.67 bits per heavy atom. The van der Waals surface area contributed by atoms with Crippen molar-refractivity contribution in [2.75, 3.05) is 5.32 Å². The van der Waals surface area contributed by atoms with Gasteiger partial charge in [-0.05, 0) is 23.8 Å². The molecule has 0 atom stereocenters. The van der Waals surface area contributed by atoms with Gasteiger partial charge >= 0.3 is 0 Å². The fourth-order valence-electron chi connectivity index (χ4n) is 3.42. The fourth-order valence-corrected chi connectivity index (χ4v) is 3.42. The molecule has 1 amide bonds. The fraction of sp³-hybridized carbons (Fsp3) is 0.0952. The number of carbonyl (C=O) groups is 2. The van der Waals surface area contributed by atoms with E-state index in [2.05, 4.69) is 10.3 Å². The summed E-state index contributed by atoms with van der Waals surface area (Å²) in [5.74, 6) is -1.62. The van der Waals surface area contributed by atoms with Gasteiger partial charge in [-0.15, -0.1) is 0 Å². The van der Waals surface area contributed by atoms with Gasteiger partial charge in [-0.3, -0.25) is 9.78 Å². The van der Waals surface area contributed by atoms with Crippen LogP contribution in [0, 0.1) is 0 Å². The van der Waals surface area contributed by atoms with Gasteiger partial charge in [0.05, 0.1) is 35.5 Å². The number of fused-ring (bicyclic) bond motifs is 2. The number of para-hydroxylation sites is 2. The van der Waals surface area contributed by atoms with E-state index in [4.69, 9.17) is 0 Å². The Hall–Kier alpha value is -3.67. The normalized spacial score (nSPS) is 11.0. The third-order valence-corrected chi connectivity index (χ3v) is 4.62. The van der Waals surface area contributed by atoms with E-state index < -0.39 is 5.97 Å². The van der Waals surface area contributed by atoms with E-state index in [-0.39, 0.29) is 18.0 Å². The van der Waals surface area contributed by atoms with E-state index in [9.17, 15) is 14.7 Å². The average Bonchev–Trinajstić information content (AvgIpc) is 2.94. The molecule has 2 heterocycles. The standard InChI is InChI=1S/C21H17N3O3/c1-24-18-9-5-3-7-15(18)16(20(24)21(26)27)11-19(25)23-14-10-13-6-2-4-8-17(13)22-12-14/h2-10,12H,11H2,1H3,(H,23,25)(H,26,27)/p-1. The minimum atomic E-state index is -1.30. The summed E-state index contributed by atoms with van der Waals surface area (Å²) in [6.45, 7) is 0. The Morgan fingerprint density at radius 2 is 1.85 bits per heavy atom. The molecule has 2 aromatic heterocycles. The van der Waals surface area contributed by atoms with Crippen molar-refractivity contribution in [2.24, 2.45) is 7.05 Å². The molecule has 4 aromatic rings. The molecular weight excluding hydrogens is 342 g/mol. The Bertz CT molecular complexity index is 1190. The molecule has 0 aliphatic heterocycles. The number of carbonyl (C=O) groups excluding carboxylic acids is 2. The number of aryl methyl sites for hydroxylation is 1. The number of carboxylic acid groups (broad SMARTS) is 1. The molecule has 0 bridgehead atoms. The van der Waals surface area contributed by atoms with E-state index in [1.54, 1.807) is 17.8 Å². The van der Waals surface area contributed by atoms with Crippen molar-refractivity contribution in [3.63, 3.8) is 0 Å². The van der Waals surface area contributed by atoms with Gasteiger partial charge in [0.1, 0.15) is 0 Å². The maximum atomic E-state index is 12.6. The molecular formula is C21H16N3O3-. The van der Waals surface area contributed by atoms with Crippen LogP contribution in [-0.4, -0.2) is 21.4 Å². The van der Waals surface area contributed by atoms with Crippen LogP contribution in [-0.2, 0) is 18.3 Å². The van der Waals surface area contributed by atoms with E-state index in [0.29, 0.717) is 11.3 Å². The molecule has 134 valence electrons. The highest BCUT2D eigenvalue weighted by Crippen LogP contribution is 2.26. The van der Waals surface area contributed by atoms with Gasteiger partial charge < -0.3 is 19.8 Å².